The maximum Gasteiger partial charge on any atom is 0.225 e. The van der Waals surface area contributed by atoms with Crippen LogP contribution >= 0.6 is 27.5 Å². The molecule has 1 rings (SSSR count). The summed E-state index contributed by atoms with van der Waals surface area (Å²) in [7, 11) is 0. The minimum Gasteiger partial charge on any atom is -0.330 e. The number of amides is 1. The molecular formula is C10H12BrClN2O. The highest BCUT2D eigenvalue weighted by molar-refractivity contribution is 9.10. The van der Waals surface area contributed by atoms with E-state index < -0.39 is 0 Å². The molecule has 0 fully saturated rings. The number of rotatable bonds is 3. The second-order valence-electron chi connectivity index (χ2n) is 3.17. The van der Waals surface area contributed by atoms with Crippen molar-refractivity contribution in [1.82, 2.24) is 0 Å². The Bertz CT molecular complexity index is 382. The molecule has 1 aromatic rings. The van der Waals surface area contributed by atoms with E-state index in [0.717, 1.165) is 10.0 Å². The third-order valence-corrected chi connectivity index (χ3v) is 2.96. The van der Waals surface area contributed by atoms with E-state index in [9.17, 15) is 4.79 Å². The van der Waals surface area contributed by atoms with Crippen molar-refractivity contribution in [2.75, 3.05) is 11.9 Å². The first kappa shape index (κ1) is 12.5. The van der Waals surface area contributed by atoms with E-state index in [2.05, 4.69) is 21.2 Å². The third-order valence-electron chi connectivity index (χ3n) is 1.89. The summed E-state index contributed by atoms with van der Waals surface area (Å²) in [6.45, 7) is 2.24. The molecule has 0 atom stereocenters. The second-order valence-corrected chi connectivity index (χ2v) is 4.43. The molecule has 0 aliphatic heterocycles. The van der Waals surface area contributed by atoms with Gasteiger partial charge in [-0.05, 0) is 40.5 Å². The standard InChI is InChI=1S/C10H12BrClN2O/c1-6-4-7(11)9(5-8(6)12)14-10(15)2-3-13/h4-5H,2-3,13H2,1H3,(H,14,15). The fourth-order valence-electron chi connectivity index (χ4n) is 1.09. The van der Waals surface area contributed by atoms with Crippen molar-refractivity contribution in [3.05, 3.63) is 27.2 Å². The minimum absolute atomic E-state index is 0.113. The van der Waals surface area contributed by atoms with Gasteiger partial charge in [0.1, 0.15) is 0 Å². The Kier molecular flexibility index (Phi) is 4.57. The molecule has 0 unspecified atom stereocenters. The predicted molar refractivity (Wildman–Crippen MR) is 66.2 cm³/mol. The lowest BCUT2D eigenvalue weighted by atomic mass is 10.2. The van der Waals surface area contributed by atoms with Gasteiger partial charge < -0.3 is 11.1 Å². The summed E-state index contributed by atoms with van der Waals surface area (Å²) in [5.74, 6) is -0.113. The third kappa shape index (κ3) is 3.48. The van der Waals surface area contributed by atoms with E-state index in [1.807, 2.05) is 13.0 Å². The van der Waals surface area contributed by atoms with Crippen molar-refractivity contribution in [1.29, 1.82) is 0 Å². The molecule has 82 valence electrons. The van der Waals surface area contributed by atoms with E-state index in [1.165, 1.54) is 0 Å². The van der Waals surface area contributed by atoms with Gasteiger partial charge in [-0.2, -0.15) is 0 Å². The topological polar surface area (TPSA) is 55.1 Å². The van der Waals surface area contributed by atoms with Crippen molar-refractivity contribution >= 4 is 39.1 Å². The zero-order chi connectivity index (χ0) is 11.4. The molecule has 0 heterocycles. The van der Waals surface area contributed by atoms with Crippen LogP contribution in [-0.2, 0) is 4.79 Å². The number of anilines is 1. The summed E-state index contributed by atoms with van der Waals surface area (Å²) < 4.78 is 0.815. The van der Waals surface area contributed by atoms with Crippen LogP contribution in [0.2, 0.25) is 5.02 Å². The molecule has 0 radical (unpaired) electrons. The molecule has 0 aromatic heterocycles. The van der Waals surface area contributed by atoms with Crippen LogP contribution in [0.1, 0.15) is 12.0 Å². The normalized spacial score (nSPS) is 10.1. The highest BCUT2D eigenvalue weighted by Gasteiger charge is 2.07. The Labute approximate surface area is 102 Å². The van der Waals surface area contributed by atoms with Gasteiger partial charge in [-0.25, -0.2) is 0 Å². The lowest BCUT2D eigenvalue weighted by Crippen LogP contribution is -2.16. The number of carbonyl (C=O) groups excluding carboxylic acids is 1. The lowest BCUT2D eigenvalue weighted by Gasteiger charge is -2.08. The quantitative estimate of drug-likeness (QED) is 0.899. The molecule has 3 nitrogen and oxygen atoms in total. The fraction of sp³-hybridized carbons (Fsp3) is 0.300. The number of hydrogen-bond acceptors (Lipinski definition) is 2. The average Bonchev–Trinajstić information content (AvgIpc) is 2.14. The van der Waals surface area contributed by atoms with E-state index in [-0.39, 0.29) is 5.91 Å². The number of nitrogens with two attached hydrogens (primary N) is 1. The first-order chi connectivity index (χ1) is 7.04. The van der Waals surface area contributed by atoms with E-state index >= 15 is 0 Å². The first-order valence-electron chi connectivity index (χ1n) is 4.50. The molecule has 0 saturated heterocycles. The number of benzene rings is 1. The molecule has 0 aliphatic rings. The summed E-state index contributed by atoms with van der Waals surface area (Å²) in [5, 5.41) is 3.36. The lowest BCUT2D eigenvalue weighted by molar-refractivity contribution is -0.116. The van der Waals surface area contributed by atoms with Crippen molar-refractivity contribution < 1.29 is 4.79 Å². The number of aryl methyl sites for hydroxylation is 1. The summed E-state index contributed by atoms with van der Waals surface area (Å²) >= 11 is 9.31. The van der Waals surface area contributed by atoms with Crippen LogP contribution in [0.3, 0.4) is 0 Å². The smallest absolute Gasteiger partial charge is 0.225 e. The average molecular weight is 292 g/mol. The van der Waals surface area contributed by atoms with Crippen LogP contribution in [0, 0.1) is 6.92 Å². The molecular weight excluding hydrogens is 279 g/mol. The van der Waals surface area contributed by atoms with E-state index in [1.54, 1.807) is 6.07 Å². The van der Waals surface area contributed by atoms with Crippen LogP contribution in [0.5, 0.6) is 0 Å². The van der Waals surface area contributed by atoms with Crippen LogP contribution in [0.4, 0.5) is 5.69 Å². The highest BCUT2D eigenvalue weighted by Crippen LogP contribution is 2.29. The van der Waals surface area contributed by atoms with Gasteiger partial charge in [0.15, 0.2) is 0 Å². The van der Waals surface area contributed by atoms with Gasteiger partial charge in [0.25, 0.3) is 0 Å². The monoisotopic (exact) mass is 290 g/mol. The molecule has 1 aromatic carbocycles. The van der Waals surface area contributed by atoms with Gasteiger partial charge in [-0.1, -0.05) is 11.6 Å². The number of nitrogens with one attached hydrogen (secondary N) is 1. The van der Waals surface area contributed by atoms with E-state index in [0.29, 0.717) is 23.7 Å². The number of carbonyl (C=O) groups is 1. The highest BCUT2D eigenvalue weighted by atomic mass is 79.9. The molecule has 0 aliphatic carbocycles. The van der Waals surface area contributed by atoms with Crippen molar-refractivity contribution in [3.63, 3.8) is 0 Å². The summed E-state index contributed by atoms with van der Waals surface area (Å²) in [4.78, 5) is 11.3. The Morgan fingerprint density at radius 3 is 2.87 bits per heavy atom. The fourth-order valence-corrected chi connectivity index (χ4v) is 1.81. The van der Waals surface area contributed by atoms with Crippen LogP contribution in [0.25, 0.3) is 0 Å². The van der Waals surface area contributed by atoms with Crippen molar-refractivity contribution in [2.45, 2.75) is 13.3 Å². The zero-order valence-electron chi connectivity index (χ0n) is 8.31. The van der Waals surface area contributed by atoms with Gasteiger partial charge in [-0.3, -0.25) is 4.79 Å². The summed E-state index contributed by atoms with van der Waals surface area (Å²) in [6, 6.07) is 3.58. The molecule has 5 heteroatoms. The van der Waals surface area contributed by atoms with Gasteiger partial charge in [0, 0.05) is 22.5 Å². The van der Waals surface area contributed by atoms with Crippen LogP contribution in [0.15, 0.2) is 16.6 Å². The SMILES string of the molecule is Cc1cc(Br)c(NC(=O)CCN)cc1Cl. The van der Waals surface area contributed by atoms with Crippen LogP contribution < -0.4 is 11.1 Å². The number of halogens is 2. The van der Waals surface area contributed by atoms with Gasteiger partial charge in [0.2, 0.25) is 5.91 Å². The van der Waals surface area contributed by atoms with Gasteiger partial charge in [0.05, 0.1) is 5.69 Å². The maximum atomic E-state index is 11.3. The first-order valence-corrected chi connectivity index (χ1v) is 5.67. The molecule has 0 spiro atoms. The Morgan fingerprint density at radius 2 is 2.27 bits per heavy atom. The summed E-state index contributed by atoms with van der Waals surface area (Å²) in [5.41, 5.74) is 6.91. The molecule has 0 bridgehead atoms. The Morgan fingerprint density at radius 1 is 1.60 bits per heavy atom. The molecule has 0 saturated carbocycles. The second kappa shape index (κ2) is 5.49. The minimum atomic E-state index is -0.113. The van der Waals surface area contributed by atoms with Gasteiger partial charge in [-0.15, -0.1) is 0 Å². The Balaban J connectivity index is 2.86. The molecule has 1 amide bonds. The molecule has 3 N–H and O–H groups in total. The van der Waals surface area contributed by atoms with Crippen molar-refractivity contribution in [2.24, 2.45) is 5.73 Å². The van der Waals surface area contributed by atoms with E-state index in [4.69, 9.17) is 17.3 Å². The van der Waals surface area contributed by atoms with Gasteiger partial charge >= 0.3 is 0 Å². The summed E-state index contributed by atoms with van der Waals surface area (Å²) in [6.07, 6.45) is 0.304. The Hall–Kier alpha value is -0.580. The maximum absolute atomic E-state index is 11.3. The zero-order valence-corrected chi connectivity index (χ0v) is 10.7. The van der Waals surface area contributed by atoms with Crippen molar-refractivity contribution in [3.8, 4) is 0 Å². The van der Waals surface area contributed by atoms with Crippen LogP contribution in [-0.4, -0.2) is 12.5 Å². The predicted octanol–water partition coefficient (Wildman–Crippen LogP) is 2.70. The number of hydrogen-bond donors (Lipinski definition) is 2. The molecule has 15 heavy (non-hydrogen) atoms. The largest absolute Gasteiger partial charge is 0.330 e.